The Labute approximate surface area is 102 Å². The lowest BCUT2D eigenvalue weighted by molar-refractivity contribution is -0.144. The topological polar surface area (TPSA) is 69.6 Å². The average molecular weight is 242 g/mol. The Hall–Kier alpha value is -1.10. The second-order valence-corrected chi connectivity index (χ2v) is 5.16. The third kappa shape index (κ3) is 3.43. The molecule has 0 radical (unpaired) electrons. The highest BCUT2D eigenvalue weighted by molar-refractivity contribution is 5.87. The predicted molar refractivity (Wildman–Crippen MR) is 64.7 cm³/mol. The Morgan fingerprint density at radius 1 is 1.59 bits per heavy atom. The molecule has 0 aromatic heterocycles. The number of hydrogen-bond donors (Lipinski definition) is 2. The third-order valence-corrected chi connectivity index (χ3v) is 3.25. The number of carbonyl (C=O) groups is 2. The number of amides is 1. The minimum atomic E-state index is -0.938. The van der Waals surface area contributed by atoms with E-state index in [9.17, 15) is 9.59 Å². The van der Waals surface area contributed by atoms with Gasteiger partial charge in [-0.1, -0.05) is 6.92 Å². The Morgan fingerprint density at radius 3 is 2.76 bits per heavy atom. The van der Waals surface area contributed by atoms with Crippen LogP contribution in [0.3, 0.4) is 0 Å². The molecule has 0 aromatic rings. The Bertz CT molecular complexity index is 302. The van der Waals surface area contributed by atoms with Crippen molar-refractivity contribution in [1.29, 1.82) is 0 Å². The van der Waals surface area contributed by atoms with E-state index in [-0.39, 0.29) is 17.9 Å². The van der Waals surface area contributed by atoms with E-state index in [2.05, 4.69) is 5.32 Å². The number of rotatable bonds is 4. The van der Waals surface area contributed by atoms with Gasteiger partial charge in [-0.2, -0.15) is 0 Å². The predicted octanol–water partition coefficient (Wildman–Crippen LogP) is 0.840. The van der Waals surface area contributed by atoms with Crippen molar-refractivity contribution in [1.82, 2.24) is 10.2 Å². The maximum atomic E-state index is 12.3. The van der Waals surface area contributed by atoms with Crippen LogP contribution >= 0.6 is 0 Å². The first-order valence-corrected chi connectivity index (χ1v) is 6.15. The summed E-state index contributed by atoms with van der Waals surface area (Å²) >= 11 is 0. The summed E-state index contributed by atoms with van der Waals surface area (Å²) in [6, 6.07) is -0.583. The summed E-state index contributed by atoms with van der Waals surface area (Å²) in [4.78, 5) is 24.8. The molecule has 0 aliphatic carbocycles. The van der Waals surface area contributed by atoms with Crippen molar-refractivity contribution in [2.45, 2.75) is 51.6 Å². The number of hydrogen-bond acceptors (Lipinski definition) is 3. The highest BCUT2D eigenvalue weighted by atomic mass is 16.4. The molecule has 1 unspecified atom stereocenters. The van der Waals surface area contributed by atoms with Gasteiger partial charge in [0.2, 0.25) is 5.91 Å². The molecule has 1 aliphatic rings. The number of nitrogens with zero attached hydrogens (tertiary/aromatic N) is 1. The van der Waals surface area contributed by atoms with E-state index in [0.717, 1.165) is 12.8 Å². The molecular formula is C12H22N2O3. The standard InChI is InChI=1S/C12H22N2O3/c1-4-7-14-11(17)9(8-10(15)16)13-6-5-12(14,2)3/h9,13H,4-8H2,1-3H3,(H,15,16). The molecule has 0 saturated carbocycles. The van der Waals surface area contributed by atoms with Gasteiger partial charge in [-0.25, -0.2) is 0 Å². The molecule has 2 N–H and O–H groups in total. The summed E-state index contributed by atoms with van der Waals surface area (Å²) in [7, 11) is 0. The first-order chi connectivity index (χ1) is 7.88. The Morgan fingerprint density at radius 2 is 2.24 bits per heavy atom. The fourth-order valence-electron chi connectivity index (χ4n) is 2.23. The molecule has 0 aromatic carbocycles. The van der Waals surface area contributed by atoms with Crippen LogP contribution in [0.15, 0.2) is 0 Å². The molecular weight excluding hydrogens is 220 g/mol. The minimum absolute atomic E-state index is 0.0863. The van der Waals surface area contributed by atoms with Crippen LogP contribution in [0.2, 0.25) is 0 Å². The maximum Gasteiger partial charge on any atom is 0.305 e. The lowest BCUT2D eigenvalue weighted by Gasteiger charge is -2.37. The molecule has 1 aliphatic heterocycles. The second kappa shape index (κ2) is 5.49. The van der Waals surface area contributed by atoms with Crippen LogP contribution in [0.4, 0.5) is 0 Å². The van der Waals surface area contributed by atoms with Crippen LogP contribution in [0.5, 0.6) is 0 Å². The van der Waals surface area contributed by atoms with Gasteiger partial charge < -0.3 is 15.3 Å². The van der Waals surface area contributed by atoms with Gasteiger partial charge >= 0.3 is 5.97 Å². The fraction of sp³-hybridized carbons (Fsp3) is 0.833. The largest absolute Gasteiger partial charge is 0.481 e. The van der Waals surface area contributed by atoms with Crippen LogP contribution in [0.25, 0.3) is 0 Å². The molecule has 1 atom stereocenters. The molecule has 0 bridgehead atoms. The number of carbonyl (C=O) groups excluding carboxylic acids is 1. The average Bonchev–Trinajstić information content (AvgIpc) is 2.30. The summed E-state index contributed by atoms with van der Waals surface area (Å²) < 4.78 is 0. The van der Waals surface area contributed by atoms with Gasteiger partial charge in [0.25, 0.3) is 0 Å². The second-order valence-electron chi connectivity index (χ2n) is 5.16. The zero-order chi connectivity index (χ0) is 13.1. The molecule has 17 heavy (non-hydrogen) atoms. The monoisotopic (exact) mass is 242 g/mol. The van der Waals surface area contributed by atoms with Gasteiger partial charge in [-0.3, -0.25) is 9.59 Å². The highest BCUT2D eigenvalue weighted by Gasteiger charge is 2.37. The van der Waals surface area contributed by atoms with Gasteiger partial charge in [0.05, 0.1) is 12.5 Å². The fourth-order valence-corrected chi connectivity index (χ4v) is 2.23. The van der Waals surface area contributed by atoms with Crippen LogP contribution in [0.1, 0.15) is 40.0 Å². The summed E-state index contributed by atoms with van der Waals surface area (Å²) in [6.07, 6.45) is 1.58. The first-order valence-electron chi connectivity index (χ1n) is 6.15. The SMILES string of the molecule is CCCN1C(=O)C(CC(=O)O)NCCC1(C)C. The van der Waals surface area contributed by atoms with Crippen molar-refractivity contribution < 1.29 is 14.7 Å². The Kier molecular flexibility index (Phi) is 4.51. The van der Waals surface area contributed by atoms with E-state index in [1.807, 2.05) is 25.7 Å². The minimum Gasteiger partial charge on any atom is -0.481 e. The smallest absolute Gasteiger partial charge is 0.305 e. The molecule has 1 fully saturated rings. The summed E-state index contributed by atoms with van der Waals surface area (Å²) in [5.74, 6) is -1.02. The van der Waals surface area contributed by atoms with Crippen LogP contribution in [-0.4, -0.2) is 46.6 Å². The number of carboxylic acid groups (broad SMARTS) is 1. The maximum absolute atomic E-state index is 12.3. The summed E-state index contributed by atoms with van der Waals surface area (Å²) in [6.45, 7) is 7.45. The number of nitrogens with one attached hydrogen (secondary N) is 1. The van der Waals surface area contributed by atoms with Crippen LogP contribution in [0, 0.1) is 0 Å². The van der Waals surface area contributed by atoms with Crippen molar-refractivity contribution in [3.63, 3.8) is 0 Å². The first kappa shape index (κ1) is 14.0. The highest BCUT2D eigenvalue weighted by Crippen LogP contribution is 2.23. The zero-order valence-corrected chi connectivity index (χ0v) is 10.8. The molecule has 1 rings (SSSR count). The van der Waals surface area contributed by atoms with Gasteiger partial charge in [0, 0.05) is 12.1 Å². The number of aliphatic carboxylic acids is 1. The van der Waals surface area contributed by atoms with Crippen LogP contribution in [-0.2, 0) is 9.59 Å². The number of carboxylic acids is 1. The van der Waals surface area contributed by atoms with Gasteiger partial charge in [-0.15, -0.1) is 0 Å². The molecule has 1 saturated heterocycles. The van der Waals surface area contributed by atoms with E-state index >= 15 is 0 Å². The van der Waals surface area contributed by atoms with Crippen LogP contribution < -0.4 is 5.32 Å². The van der Waals surface area contributed by atoms with Crippen molar-refractivity contribution in [2.75, 3.05) is 13.1 Å². The van der Waals surface area contributed by atoms with E-state index in [4.69, 9.17) is 5.11 Å². The molecule has 5 nitrogen and oxygen atoms in total. The Balaban J connectivity index is 2.86. The van der Waals surface area contributed by atoms with E-state index < -0.39 is 12.0 Å². The molecule has 0 spiro atoms. The van der Waals surface area contributed by atoms with Gasteiger partial charge in [-0.05, 0) is 33.2 Å². The van der Waals surface area contributed by atoms with E-state index in [0.29, 0.717) is 13.1 Å². The molecule has 98 valence electrons. The van der Waals surface area contributed by atoms with Crippen molar-refractivity contribution in [3.8, 4) is 0 Å². The van der Waals surface area contributed by atoms with Gasteiger partial charge in [0.15, 0.2) is 0 Å². The summed E-state index contributed by atoms with van der Waals surface area (Å²) in [5.41, 5.74) is -0.201. The lowest BCUT2D eigenvalue weighted by Crippen LogP contribution is -2.51. The van der Waals surface area contributed by atoms with E-state index in [1.54, 1.807) is 0 Å². The van der Waals surface area contributed by atoms with Gasteiger partial charge in [0.1, 0.15) is 0 Å². The quantitative estimate of drug-likeness (QED) is 0.766. The molecule has 1 heterocycles. The van der Waals surface area contributed by atoms with E-state index in [1.165, 1.54) is 0 Å². The summed E-state index contributed by atoms with van der Waals surface area (Å²) in [5, 5.41) is 11.8. The zero-order valence-electron chi connectivity index (χ0n) is 10.8. The van der Waals surface area contributed by atoms with Crippen molar-refractivity contribution in [3.05, 3.63) is 0 Å². The lowest BCUT2D eigenvalue weighted by atomic mass is 9.98. The molecule has 1 amide bonds. The van der Waals surface area contributed by atoms with Crippen molar-refractivity contribution >= 4 is 11.9 Å². The van der Waals surface area contributed by atoms with Crippen molar-refractivity contribution in [2.24, 2.45) is 0 Å². The molecule has 5 heteroatoms. The third-order valence-electron chi connectivity index (χ3n) is 3.25. The normalized spacial score (nSPS) is 24.5.